The van der Waals surface area contributed by atoms with Gasteiger partial charge in [0.15, 0.2) is 6.61 Å². The second kappa shape index (κ2) is 10.0. The van der Waals surface area contributed by atoms with Crippen molar-refractivity contribution in [1.29, 1.82) is 0 Å². The van der Waals surface area contributed by atoms with Crippen molar-refractivity contribution in [3.63, 3.8) is 0 Å². The van der Waals surface area contributed by atoms with Crippen molar-refractivity contribution in [2.24, 2.45) is 0 Å². The van der Waals surface area contributed by atoms with Crippen LogP contribution in [0.1, 0.15) is 42.2 Å². The lowest BCUT2D eigenvalue weighted by Crippen LogP contribution is -2.38. The predicted octanol–water partition coefficient (Wildman–Crippen LogP) is 2.90. The fraction of sp³-hybridized carbons (Fsp3) is 0.381. The second-order valence-corrected chi connectivity index (χ2v) is 7.69. The first kappa shape index (κ1) is 20.1. The predicted molar refractivity (Wildman–Crippen MR) is 107 cm³/mol. The lowest BCUT2D eigenvalue weighted by Gasteiger charge is -2.20. The molecule has 0 radical (unpaired) electrons. The molecule has 1 atom stereocenters. The largest absolute Gasteiger partial charge is 0.454 e. The Labute approximate surface area is 168 Å². The van der Waals surface area contributed by atoms with E-state index in [-0.39, 0.29) is 31.0 Å². The number of carbonyl (C=O) groups is 3. The van der Waals surface area contributed by atoms with Crippen LogP contribution in [-0.4, -0.2) is 42.4 Å². The molecule has 1 saturated heterocycles. The van der Waals surface area contributed by atoms with E-state index >= 15 is 0 Å². The number of benzene rings is 1. The van der Waals surface area contributed by atoms with Crippen LogP contribution in [-0.2, 0) is 19.1 Å². The summed E-state index contributed by atoms with van der Waals surface area (Å²) in [6, 6.07) is 13.2. The number of hydrogen-bond acceptors (Lipinski definition) is 5. The molecule has 3 rings (SSSR count). The van der Waals surface area contributed by atoms with Gasteiger partial charge in [-0.1, -0.05) is 42.8 Å². The monoisotopic (exact) mass is 400 g/mol. The molecule has 2 heterocycles. The van der Waals surface area contributed by atoms with Crippen LogP contribution in [0.15, 0.2) is 47.8 Å². The molecule has 0 bridgehead atoms. The minimum atomic E-state index is -0.558. The normalized spacial score (nSPS) is 15.6. The van der Waals surface area contributed by atoms with E-state index in [0.29, 0.717) is 13.0 Å². The molecule has 0 aliphatic carbocycles. The highest BCUT2D eigenvalue weighted by molar-refractivity contribution is 7.10. The fourth-order valence-electron chi connectivity index (χ4n) is 3.18. The summed E-state index contributed by atoms with van der Waals surface area (Å²) in [7, 11) is 0. The van der Waals surface area contributed by atoms with E-state index in [1.807, 2.05) is 47.8 Å². The SMILES string of the molecule is O=C(COC(=O)CN1CCCCCC1=O)N[C@H](c1ccccc1)c1cccs1. The van der Waals surface area contributed by atoms with E-state index in [4.69, 9.17) is 4.74 Å². The highest BCUT2D eigenvalue weighted by atomic mass is 32.1. The minimum absolute atomic E-state index is 0.0271. The molecule has 1 aromatic heterocycles. The Morgan fingerprint density at radius 2 is 1.93 bits per heavy atom. The molecule has 1 aliphatic heterocycles. The molecule has 0 unspecified atom stereocenters. The standard InChI is InChI=1S/C21H24N2O4S/c24-18(15-27-20(26)14-23-12-6-2-5-11-19(23)25)22-21(17-10-7-13-28-17)16-8-3-1-4-9-16/h1,3-4,7-10,13,21H,2,5-6,11-12,14-15H2,(H,22,24)/t21-/m1/s1. The fourth-order valence-corrected chi connectivity index (χ4v) is 3.98. The number of hydrogen-bond donors (Lipinski definition) is 1. The molecule has 0 saturated carbocycles. The summed E-state index contributed by atoms with van der Waals surface area (Å²) >= 11 is 1.55. The van der Waals surface area contributed by atoms with Gasteiger partial charge in [-0.15, -0.1) is 11.3 Å². The van der Waals surface area contributed by atoms with Gasteiger partial charge in [-0.25, -0.2) is 0 Å². The van der Waals surface area contributed by atoms with Gasteiger partial charge in [-0.05, 0) is 29.9 Å². The summed E-state index contributed by atoms with van der Waals surface area (Å²) in [5.74, 6) is -0.962. The first-order valence-electron chi connectivity index (χ1n) is 9.44. The van der Waals surface area contributed by atoms with Gasteiger partial charge in [0.1, 0.15) is 6.54 Å². The van der Waals surface area contributed by atoms with Gasteiger partial charge in [0, 0.05) is 17.8 Å². The van der Waals surface area contributed by atoms with Crippen LogP contribution < -0.4 is 5.32 Å². The topological polar surface area (TPSA) is 75.7 Å². The van der Waals surface area contributed by atoms with Crippen LogP contribution in [0.5, 0.6) is 0 Å². The van der Waals surface area contributed by atoms with Gasteiger partial charge in [0.25, 0.3) is 5.91 Å². The van der Waals surface area contributed by atoms with Crippen molar-refractivity contribution in [3.05, 3.63) is 58.3 Å². The first-order valence-corrected chi connectivity index (χ1v) is 10.3. The Morgan fingerprint density at radius 3 is 2.68 bits per heavy atom. The van der Waals surface area contributed by atoms with E-state index in [1.165, 1.54) is 4.90 Å². The summed E-state index contributed by atoms with van der Waals surface area (Å²) in [4.78, 5) is 38.9. The Kier molecular flexibility index (Phi) is 7.19. The van der Waals surface area contributed by atoms with Crippen molar-refractivity contribution in [2.45, 2.75) is 31.7 Å². The van der Waals surface area contributed by atoms with Crippen LogP contribution in [0.3, 0.4) is 0 Å². The molecule has 28 heavy (non-hydrogen) atoms. The summed E-state index contributed by atoms with van der Waals surface area (Å²) in [6.45, 7) is 0.101. The molecule has 2 amide bonds. The lowest BCUT2D eigenvalue weighted by atomic mass is 10.1. The van der Waals surface area contributed by atoms with Crippen molar-refractivity contribution in [1.82, 2.24) is 10.2 Å². The highest BCUT2D eigenvalue weighted by Crippen LogP contribution is 2.25. The van der Waals surface area contributed by atoms with Crippen LogP contribution in [0.25, 0.3) is 0 Å². The van der Waals surface area contributed by atoms with Gasteiger partial charge in [-0.2, -0.15) is 0 Å². The summed E-state index contributed by atoms with van der Waals surface area (Å²) in [6.07, 6.45) is 3.20. The van der Waals surface area contributed by atoms with Gasteiger partial charge >= 0.3 is 5.97 Å². The number of carbonyl (C=O) groups excluding carboxylic acids is 3. The molecule has 2 aromatic rings. The van der Waals surface area contributed by atoms with Crippen LogP contribution in [0, 0.1) is 0 Å². The lowest BCUT2D eigenvalue weighted by molar-refractivity contribution is -0.152. The summed E-state index contributed by atoms with van der Waals surface area (Å²) < 4.78 is 5.11. The van der Waals surface area contributed by atoms with E-state index in [9.17, 15) is 14.4 Å². The summed E-state index contributed by atoms with van der Waals surface area (Å²) in [5.41, 5.74) is 0.958. The maximum Gasteiger partial charge on any atom is 0.326 e. The Hall–Kier alpha value is -2.67. The van der Waals surface area contributed by atoms with E-state index in [2.05, 4.69) is 5.32 Å². The Balaban J connectivity index is 1.53. The number of nitrogens with one attached hydrogen (secondary N) is 1. The second-order valence-electron chi connectivity index (χ2n) is 6.71. The number of thiophene rings is 1. The number of likely N-dealkylation sites (tertiary alicyclic amines) is 1. The smallest absolute Gasteiger partial charge is 0.326 e. The zero-order chi connectivity index (χ0) is 19.8. The molecular formula is C21H24N2O4S. The first-order chi connectivity index (χ1) is 13.6. The zero-order valence-corrected chi connectivity index (χ0v) is 16.5. The van der Waals surface area contributed by atoms with Gasteiger partial charge in [0.2, 0.25) is 5.91 Å². The number of nitrogens with zero attached hydrogens (tertiary/aromatic N) is 1. The van der Waals surface area contributed by atoms with Crippen molar-refractivity contribution >= 4 is 29.1 Å². The Bertz CT molecular complexity index is 792. The zero-order valence-electron chi connectivity index (χ0n) is 15.6. The minimum Gasteiger partial charge on any atom is -0.454 e. The van der Waals surface area contributed by atoms with Gasteiger partial charge in [0.05, 0.1) is 6.04 Å². The van der Waals surface area contributed by atoms with Crippen LogP contribution >= 0.6 is 11.3 Å². The van der Waals surface area contributed by atoms with Crippen LogP contribution in [0.4, 0.5) is 0 Å². The van der Waals surface area contributed by atoms with Gasteiger partial charge in [-0.3, -0.25) is 14.4 Å². The molecular weight excluding hydrogens is 376 g/mol. The molecule has 0 spiro atoms. The molecule has 1 fully saturated rings. The quantitative estimate of drug-likeness (QED) is 0.725. The van der Waals surface area contributed by atoms with Crippen LogP contribution in [0.2, 0.25) is 0 Å². The third kappa shape index (κ3) is 5.66. The Morgan fingerprint density at radius 1 is 1.11 bits per heavy atom. The molecule has 6 nitrogen and oxygen atoms in total. The average molecular weight is 400 g/mol. The molecule has 1 aromatic carbocycles. The van der Waals surface area contributed by atoms with E-state index in [1.54, 1.807) is 11.3 Å². The third-order valence-corrected chi connectivity index (χ3v) is 5.56. The third-order valence-electron chi connectivity index (χ3n) is 4.62. The van der Waals surface area contributed by atoms with Crippen molar-refractivity contribution in [2.75, 3.05) is 19.7 Å². The molecule has 1 aliphatic rings. The van der Waals surface area contributed by atoms with Crippen molar-refractivity contribution < 1.29 is 19.1 Å². The number of ether oxygens (including phenoxy) is 1. The highest BCUT2D eigenvalue weighted by Gasteiger charge is 2.22. The van der Waals surface area contributed by atoms with Crippen molar-refractivity contribution in [3.8, 4) is 0 Å². The molecule has 148 valence electrons. The number of esters is 1. The molecule has 7 heteroatoms. The molecule has 1 N–H and O–H groups in total. The van der Waals surface area contributed by atoms with E-state index < -0.39 is 5.97 Å². The van der Waals surface area contributed by atoms with Gasteiger partial charge < -0.3 is 15.0 Å². The average Bonchev–Trinajstić information content (AvgIpc) is 3.17. The number of amides is 2. The number of rotatable bonds is 7. The summed E-state index contributed by atoms with van der Waals surface area (Å²) in [5, 5.41) is 4.88. The van der Waals surface area contributed by atoms with E-state index in [0.717, 1.165) is 29.7 Å². The maximum atomic E-state index is 12.4. The maximum absolute atomic E-state index is 12.4.